The van der Waals surface area contributed by atoms with Gasteiger partial charge in [0.25, 0.3) is 0 Å². The summed E-state index contributed by atoms with van der Waals surface area (Å²) < 4.78 is 0. The first-order valence-electron chi connectivity index (χ1n) is 10.9. The SMILES string of the molecule is CC(NC(=O)C(CCCCN)NC(=O)C(N)Cc1cnc[nH]1)C(=O)NC(CCC(N)=O)C(=O)O. The number of H-pyrrole nitrogens is 1. The molecule has 11 N–H and O–H groups in total. The average Bonchev–Trinajstić information content (AvgIpc) is 3.28. The fraction of sp³-hybridized carbons (Fsp3) is 0.600. The number of rotatable bonds is 16. The van der Waals surface area contributed by atoms with Crippen molar-refractivity contribution in [2.75, 3.05) is 6.54 Å². The van der Waals surface area contributed by atoms with Crippen LogP contribution in [-0.2, 0) is 30.4 Å². The lowest BCUT2D eigenvalue weighted by Crippen LogP contribution is -2.56. The second-order valence-electron chi connectivity index (χ2n) is 7.87. The molecule has 0 fully saturated rings. The van der Waals surface area contributed by atoms with Gasteiger partial charge in [-0.2, -0.15) is 0 Å². The number of carbonyl (C=O) groups is 5. The summed E-state index contributed by atoms with van der Waals surface area (Å²) in [6.07, 6.45) is 4.18. The van der Waals surface area contributed by atoms with E-state index in [9.17, 15) is 29.1 Å². The molecular weight excluding hydrogens is 448 g/mol. The van der Waals surface area contributed by atoms with Gasteiger partial charge in [-0.05, 0) is 39.2 Å². The van der Waals surface area contributed by atoms with E-state index < -0.39 is 53.8 Å². The Morgan fingerprint density at radius 1 is 1.03 bits per heavy atom. The number of amides is 4. The van der Waals surface area contributed by atoms with E-state index in [4.69, 9.17) is 17.2 Å². The van der Waals surface area contributed by atoms with E-state index in [1.807, 2.05) is 0 Å². The summed E-state index contributed by atoms with van der Waals surface area (Å²) in [6.45, 7) is 1.77. The molecule has 1 aromatic heterocycles. The number of aromatic nitrogens is 2. The molecule has 1 aromatic rings. The van der Waals surface area contributed by atoms with Gasteiger partial charge in [-0.25, -0.2) is 9.78 Å². The van der Waals surface area contributed by atoms with Crippen LogP contribution in [0.25, 0.3) is 0 Å². The third kappa shape index (κ3) is 10.4. The third-order valence-corrected chi connectivity index (χ3v) is 4.96. The monoisotopic (exact) mass is 482 g/mol. The number of nitrogens with zero attached hydrogens (tertiary/aromatic N) is 1. The topological polar surface area (TPSA) is 248 Å². The summed E-state index contributed by atoms with van der Waals surface area (Å²) in [6, 6.07) is -4.38. The third-order valence-electron chi connectivity index (χ3n) is 4.96. The van der Waals surface area contributed by atoms with E-state index in [1.165, 1.54) is 19.4 Å². The summed E-state index contributed by atoms with van der Waals surface area (Å²) in [4.78, 5) is 66.6. The number of imidazole rings is 1. The Labute approximate surface area is 196 Å². The van der Waals surface area contributed by atoms with Gasteiger partial charge in [0.1, 0.15) is 18.1 Å². The Hall–Kier alpha value is -3.52. The van der Waals surface area contributed by atoms with Crippen molar-refractivity contribution in [3.05, 3.63) is 18.2 Å². The lowest BCUT2D eigenvalue weighted by molar-refractivity contribution is -0.142. The Morgan fingerprint density at radius 2 is 1.71 bits per heavy atom. The normalized spacial score (nSPS) is 14.3. The van der Waals surface area contributed by atoms with Crippen molar-refractivity contribution in [2.45, 2.75) is 69.6 Å². The van der Waals surface area contributed by atoms with Gasteiger partial charge in [0.15, 0.2) is 0 Å². The van der Waals surface area contributed by atoms with Crippen molar-refractivity contribution < 1.29 is 29.1 Å². The van der Waals surface area contributed by atoms with Crippen molar-refractivity contribution >= 4 is 29.6 Å². The van der Waals surface area contributed by atoms with Crippen LogP contribution in [0.15, 0.2) is 12.5 Å². The molecule has 0 saturated heterocycles. The summed E-state index contributed by atoms with van der Waals surface area (Å²) in [5, 5.41) is 16.5. The Kier molecular flexibility index (Phi) is 12.2. The van der Waals surface area contributed by atoms with Crippen LogP contribution in [0.3, 0.4) is 0 Å². The zero-order valence-electron chi connectivity index (χ0n) is 19.1. The molecule has 4 amide bonds. The van der Waals surface area contributed by atoms with Crippen molar-refractivity contribution in [1.29, 1.82) is 0 Å². The van der Waals surface area contributed by atoms with Gasteiger partial charge in [0.2, 0.25) is 23.6 Å². The highest BCUT2D eigenvalue weighted by Gasteiger charge is 2.28. The average molecular weight is 483 g/mol. The highest BCUT2D eigenvalue weighted by atomic mass is 16.4. The number of nitrogens with two attached hydrogens (primary N) is 3. The number of hydrogen-bond acceptors (Lipinski definition) is 8. The van der Waals surface area contributed by atoms with Crippen LogP contribution < -0.4 is 33.2 Å². The number of aromatic amines is 1. The van der Waals surface area contributed by atoms with Crippen LogP contribution in [0.5, 0.6) is 0 Å². The van der Waals surface area contributed by atoms with Gasteiger partial charge < -0.3 is 43.2 Å². The molecule has 0 bridgehead atoms. The van der Waals surface area contributed by atoms with Crippen LogP contribution >= 0.6 is 0 Å². The first-order chi connectivity index (χ1) is 16.0. The fourth-order valence-electron chi connectivity index (χ4n) is 2.99. The van der Waals surface area contributed by atoms with Gasteiger partial charge in [-0.3, -0.25) is 19.2 Å². The molecule has 0 spiro atoms. The summed E-state index contributed by atoms with van der Waals surface area (Å²) in [7, 11) is 0. The van der Waals surface area contributed by atoms with Crippen molar-refractivity contribution in [2.24, 2.45) is 17.2 Å². The largest absolute Gasteiger partial charge is 0.480 e. The van der Waals surface area contributed by atoms with Crippen LogP contribution in [-0.4, -0.2) is 75.4 Å². The molecule has 0 aliphatic carbocycles. The number of carboxylic acids is 1. The van der Waals surface area contributed by atoms with Crippen LogP contribution in [0.4, 0.5) is 0 Å². The quantitative estimate of drug-likeness (QED) is 0.113. The van der Waals surface area contributed by atoms with Gasteiger partial charge >= 0.3 is 5.97 Å². The first kappa shape index (κ1) is 28.5. The molecule has 34 heavy (non-hydrogen) atoms. The maximum Gasteiger partial charge on any atom is 0.326 e. The zero-order chi connectivity index (χ0) is 25.7. The first-order valence-corrected chi connectivity index (χ1v) is 10.9. The lowest BCUT2D eigenvalue weighted by Gasteiger charge is -2.23. The predicted molar refractivity (Wildman–Crippen MR) is 121 cm³/mol. The molecule has 0 saturated carbocycles. The fourth-order valence-corrected chi connectivity index (χ4v) is 2.99. The number of hydrogen-bond donors (Lipinski definition) is 8. The minimum Gasteiger partial charge on any atom is -0.480 e. The van der Waals surface area contributed by atoms with E-state index >= 15 is 0 Å². The maximum absolute atomic E-state index is 12.8. The smallest absolute Gasteiger partial charge is 0.326 e. The minimum absolute atomic E-state index is 0.184. The van der Waals surface area contributed by atoms with Crippen LogP contribution in [0.2, 0.25) is 0 Å². The molecule has 14 nitrogen and oxygen atoms in total. The maximum atomic E-state index is 12.8. The molecule has 1 heterocycles. The highest BCUT2D eigenvalue weighted by molar-refractivity contribution is 5.94. The van der Waals surface area contributed by atoms with Crippen molar-refractivity contribution in [3.8, 4) is 0 Å². The second-order valence-corrected chi connectivity index (χ2v) is 7.87. The van der Waals surface area contributed by atoms with E-state index in [1.54, 1.807) is 0 Å². The van der Waals surface area contributed by atoms with E-state index in [2.05, 4.69) is 25.9 Å². The molecule has 190 valence electrons. The summed E-state index contributed by atoms with van der Waals surface area (Å²) >= 11 is 0. The molecule has 0 aliphatic rings. The summed E-state index contributed by atoms with van der Waals surface area (Å²) in [5.41, 5.74) is 17.1. The van der Waals surface area contributed by atoms with Crippen molar-refractivity contribution in [1.82, 2.24) is 25.9 Å². The van der Waals surface area contributed by atoms with Gasteiger partial charge in [0, 0.05) is 24.7 Å². The molecule has 4 atom stereocenters. The standard InChI is InChI=1S/C20H34N8O6/c1-11(17(30)28-15(20(33)34)5-6-16(23)29)26-19(32)14(4-2-3-7-21)27-18(31)13(22)8-12-9-24-10-25-12/h9-11,13-15H,2-8,21-22H2,1H3,(H2,23,29)(H,24,25)(H,26,32)(H,27,31)(H,28,30)(H,33,34). The van der Waals surface area contributed by atoms with Gasteiger partial charge in [-0.15, -0.1) is 0 Å². The molecule has 0 aromatic carbocycles. The number of carboxylic acid groups (broad SMARTS) is 1. The molecule has 1 rings (SSSR count). The molecular formula is C20H34N8O6. The number of unbranched alkanes of at least 4 members (excludes halogenated alkanes) is 1. The number of nitrogens with one attached hydrogen (secondary N) is 4. The Morgan fingerprint density at radius 3 is 2.26 bits per heavy atom. The van der Waals surface area contributed by atoms with Gasteiger partial charge in [0.05, 0.1) is 12.4 Å². The summed E-state index contributed by atoms with van der Waals surface area (Å²) in [5.74, 6) is -4.01. The second kappa shape index (κ2) is 14.6. The van der Waals surface area contributed by atoms with E-state index in [0.717, 1.165) is 0 Å². The number of primary amides is 1. The van der Waals surface area contributed by atoms with Crippen LogP contribution in [0, 0.1) is 0 Å². The Balaban J connectivity index is 2.74. The van der Waals surface area contributed by atoms with E-state index in [-0.39, 0.29) is 25.7 Å². The highest BCUT2D eigenvalue weighted by Crippen LogP contribution is 2.04. The minimum atomic E-state index is -1.35. The van der Waals surface area contributed by atoms with Gasteiger partial charge in [-0.1, -0.05) is 0 Å². The lowest BCUT2D eigenvalue weighted by atomic mass is 10.1. The number of aliphatic carboxylic acids is 1. The molecule has 14 heteroatoms. The van der Waals surface area contributed by atoms with Crippen LogP contribution in [0.1, 0.15) is 44.7 Å². The molecule has 0 radical (unpaired) electrons. The molecule has 4 unspecified atom stereocenters. The zero-order valence-corrected chi connectivity index (χ0v) is 19.1. The predicted octanol–water partition coefficient (Wildman–Crippen LogP) is -2.77. The van der Waals surface area contributed by atoms with E-state index in [0.29, 0.717) is 25.1 Å². The molecule has 0 aliphatic heterocycles. The van der Waals surface area contributed by atoms with Crippen molar-refractivity contribution in [3.63, 3.8) is 0 Å². The number of carbonyl (C=O) groups excluding carboxylic acids is 4. The Bertz CT molecular complexity index is 831.